The topological polar surface area (TPSA) is 50.7 Å². The molecule has 102 valence electrons. The molecule has 0 radical (unpaired) electrons. The number of hydrazone groups is 1. The number of nitrogens with zero attached hydrogens (tertiary/aromatic N) is 1. The van der Waals surface area contributed by atoms with Gasteiger partial charge in [-0.15, -0.1) is 0 Å². The molecule has 5 heteroatoms. The largest absolute Gasteiger partial charge is 0.497 e. The molecule has 0 fully saturated rings. The molecule has 0 aromatic heterocycles. The lowest BCUT2D eigenvalue weighted by Crippen LogP contribution is -2.17. The first-order valence-corrected chi connectivity index (χ1v) is 6.30. The normalized spacial score (nSPS) is 10.5. The molecule has 0 spiro atoms. The second-order valence-electron chi connectivity index (χ2n) is 3.96. The number of carbonyl (C=O) groups is 1. The van der Waals surface area contributed by atoms with Gasteiger partial charge in [0.2, 0.25) is 0 Å². The first kappa shape index (κ1) is 14.1. The van der Waals surface area contributed by atoms with E-state index in [0.717, 1.165) is 11.3 Å². The van der Waals surface area contributed by atoms with E-state index in [0.29, 0.717) is 10.6 Å². The number of amides is 1. The average molecular weight is 289 g/mol. The summed E-state index contributed by atoms with van der Waals surface area (Å²) in [6, 6.07) is 14.1. The number of nitrogens with one attached hydrogen (secondary N) is 1. The highest BCUT2D eigenvalue weighted by Gasteiger charge is 2.07. The van der Waals surface area contributed by atoms with Crippen molar-refractivity contribution in [3.05, 3.63) is 64.7 Å². The minimum atomic E-state index is -0.352. The summed E-state index contributed by atoms with van der Waals surface area (Å²) in [4.78, 5) is 11.8. The Kier molecular flexibility index (Phi) is 4.74. The Morgan fingerprint density at radius 1 is 1.25 bits per heavy atom. The van der Waals surface area contributed by atoms with Crippen molar-refractivity contribution in [1.82, 2.24) is 5.43 Å². The van der Waals surface area contributed by atoms with E-state index >= 15 is 0 Å². The third-order valence-electron chi connectivity index (χ3n) is 2.59. The van der Waals surface area contributed by atoms with Crippen molar-refractivity contribution in [3.8, 4) is 5.75 Å². The summed E-state index contributed by atoms with van der Waals surface area (Å²) in [5.41, 5.74) is 3.64. The first-order chi connectivity index (χ1) is 9.70. The molecule has 0 saturated carbocycles. The maximum Gasteiger partial charge on any atom is 0.272 e. The van der Waals surface area contributed by atoms with Crippen LogP contribution in [0.25, 0.3) is 0 Å². The Bertz CT molecular complexity index is 641. The van der Waals surface area contributed by atoms with Crippen LogP contribution in [-0.2, 0) is 0 Å². The second kappa shape index (κ2) is 6.73. The maximum atomic E-state index is 11.8. The maximum absolute atomic E-state index is 11.8. The van der Waals surface area contributed by atoms with Gasteiger partial charge in [-0.3, -0.25) is 4.79 Å². The Hall–Kier alpha value is -2.33. The molecule has 1 N–H and O–H groups in total. The van der Waals surface area contributed by atoms with Gasteiger partial charge >= 0.3 is 0 Å². The van der Waals surface area contributed by atoms with Crippen LogP contribution in [0.15, 0.2) is 53.6 Å². The summed E-state index contributed by atoms with van der Waals surface area (Å²) in [5, 5.41) is 4.29. The van der Waals surface area contributed by atoms with Crippen molar-refractivity contribution in [3.63, 3.8) is 0 Å². The van der Waals surface area contributed by atoms with Gasteiger partial charge in [-0.1, -0.05) is 35.9 Å². The van der Waals surface area contributed by atoms with Crippen LogP contribution in [0.5, 0.6) is 5.75 Å². The van der Waals surface area contributed by atoms with Crippen molar-refractivity contribution < 1.29 is 9.53 Å². The lowest BCUT2D eigenvalue weighted by molar-refractivity contribution is 0.0955. The Morgan fingerprint density at radius 2 is 2.05 bits per heavy atom. The molecule has 1 amide bonds. The molecule has 0 saturated heterocycles. The molecule has 0 aliphatic carbocycles. The van der Waals surface area contributed by atoms with Gasteiger partial charge < -0.3 is 4.74 Å². The third kappa shape index (κ3) is 3.59. The van der Waals surface area contributed by atoms with Gasteiger partial charge in [0.05, 0.1) is 23.9 Å². The Balaban J connectivity index is 2.03. The second-order valence-corrected chi connectivity index (χ2v) is 4.36. The van der Waals surface area contributed by atoms with E-state index in [1.807, 2.05) is 24.3 Å². The SMILES string of the molecule is COc1cccc(/C=N/NC(=O)c2ccccc2Cl)c1. The first-order valence-electron chi connectivity index (χ1n) is 5.92. The zero-order valence-electron chi connectivity index (χ0n) is 10.8. The van der Waals surface area contributed by atoms with E-state index in [4.69, 9.17) is 16.3 Å². The molecule has 0 heterocycles. The Morgan fingerprint density at radius 3 is 2.80 bits per heavy atom. The molecule has 2 aromatic carbocycles. The fourth-order valence-corrected chi connectivity index (χ4v) is 1.81. The highest BCUT2D eigenvalue weighted by molar-refractivity contribution is 6.33. The van der Waals surface area contributed by atoms with E-state index < -0.39 is 0 Å². The number of rotatable bonds is 4. The zero-order chi connectivity index (χ0) is 14.4. The van der Waals surface area contributed by atoms with E-state index in [1.165, 1.54) is 6.21 Å². The third-order valence-corrected chi connectivity index (χ3v) is 2.92. The highest BCUT2D eigenvalue weighted by Crippen LogP contribution is 2.14. The lowest BCUT2D eigenvalue weighted by Gasteiger charge is -2.02. The van der Waals surface area contributed by atoms with Gasteiger partial charge in [0, 0.05) is 0 Å². The molecule has 4 nitrogen and oxygen atoms in total. The van der Waals surface area contributed by atoms with Crippen molar-refractivity contribution in [2.75, 3.05) is 7.11 Å². The minimum Gasteiger partial charge on any atom is -0.497 e. The van der Waals surface area contributed by atoms with Gasteiger partial charge in [-0.25, -0.2) is 5.43 Å². The molecule has 2 rings (SSSR count). The van der Waals surface area contributed by atoms with Gasteiger partial charge in [0.1, 0.15) is 5.75 Å². The number of carbonyl (C=O) groups excluding carboxylic acids is 1. The zero-order valence-corrected chi connectivity index (χ0v) is 11.6. The van der Waals surface area contributed by atoms with E-state index in [1.54, 1.807) is 31.4 Å². The summed E-state index contributed by atoms with van der Waals surface area (Å²) in [5.74, 6) is 0.376. The van der Waals surface area contributed by atoms with Crippen LogP contribution in [0.3, 0.4) is 0 Å². The van der Waals surface area contributed by atoms with Crippen molar-refractivity contribution >= 4 is 23.7 Å². The van der Waals surface area contributed by atoms with Crippen LogP contribution in [-0.4, -0.2) is 19.2 Å². The van der Waals surface area contributed by atoms with Gasteiger partial charge in [0.15, 0.2) is 0 Å². The van der Waals surface area contributed by atoms with Gasteiger partial charge in [-0.2, -0.15) is 5.10 Å². The van der Waals surface area contributed by atoms with Crippen LogP contribution in [0.4, 0.5) is 0 Å². The van der Waals surface area contributed by atoms with E-state index in [9.17, 15) is 4.79 Å². The van der Waals surface area contributed by atoms with Crippen LogP contribution < -0.4 is 10.2 Å². The van der Waals surface area contributed by atoms with E-state index in [2.05, 4.69) is 10.5 Å². The fourth-order valence-electron chi connectivity index (χ4n) is 1.59. The van der Waals surface area contributed by atoms with Crippen LogP contribution >= 0.6 is 11.6 Å². The summed E-state index contributed by atoms with van der Waals surface area (Å²) in [7, 11) is 1.59. The van der Waals surface area contributed by atoms with Crippen molar-refractivity contribution in [2.45, 2.75) is 0 Å². The smallest absolute Gasteiger partial charge is 0.272 e. The lowest BCUT2D eigenvalue weighted by atomic mass is 10.2. The van der Waals surface area contributed by atoms with Crippen LogP contribution in [0, 0.1) is 0 Å². The molecular formula is C15H13ClN2O2. The number of hydrogen-bond donors (Lipinski definition) is 1. The molecule has 0 atom stereocenters. The fraction of sp³-hybridized carbons (Fsp3) is 0.0667. The van der Waals surface area contributed by atoms with Crippen LogP contribution in [0.2, 0.25) is 5.02 Å². The predicted octanol–water partition coefficient (Wildman–Crippen LogP) is 3.11. The predicted molar refractivity (Wildman–Crippen MR) is 79.5 cm³/mol. The Labute approximate surface area is 122 Å². The van der Waals surface area contributed by atoms with Crippen LogP contribution in [0.1, 0.15) is 15.9 Å². The number of halogens is 1. The van der Waals surface area contributed by atoms with Gasteiger partial charge in [0.25, 0.3) is 5.91 Å². The summed E-state index contributed by atoms with van der Waals surface area (Å²) in [6.45, 7) is 0. The quantitative estimate of drug-likeness (QED) is 0.694. The molecule has 20 heavy (non-hydrogen) atoms. The van der Waals surface area contributed by atoms with Gasteiger partial charge in [-0.05, 0) is 29.8 Å². The molecule has 0 aliphatic heterocycles. The molecule has 0 aliphatic rings. The highest BCUT2D eigenvalue weighted by atomic mass is 35.5. The number of hydrogen-bond acceptors (Lipinski definition) is 3. The molecule has 2 aromatic rings. The van der Waals surface area contributed by atoms with Crippen molar-refractivity contribution in [1.29, 1.82) is 0 Å². The number of benzene rings is 2. The van der Waals surface area contributed by atoms with Crippen molar-refractivity contribution in [2.24, 2.45) is 5.10 Å². The number of ether oxygens (including phenoxy) is 1. The minimum absolute atomic E-state index is 0.352. The average Bonchev–Trinajstić information content (AvgIpc) is 2.48. The molecule has 0 unspecified atom stereocenters. The summed E-state index contributed by atoms with van der Waals surface area (Å²) < 4.78 is 5.10. The monoisotopic (exact) mass is 288 g/mol. The summed E-state index contributed by atoms with van der Waals surface area (Å²) >= 11 is 5.93. The number of methoxy groups -OCH3 is 1. The van der Waals surface area contributed by atoms with E-state index in [-0.39, 0.29) is 5.91 Å². The summed E-state index contributed by atoms with van der Waals surface area (Å²) in [6.07, 6.45) is 1.54. The standard InChI is InChI=1S/C15H13ClN2O2/c1-20-12-6-4-5-11(9-12)10-17-18-15(19)13-7-2-3-8-14(13)16/h2-10H,1H3,(H,18,19)/b17-10+. The molecular weight excluding hydrogens is 276 g/mol. The molecule has 0 bridgehead atoms.